The van der Waals surface area contributed by atoms with Gasteiger partial charge in [0.2, 0.25) is 5.79 Å². The van der Waals surface area contributed by atoms with Crippen molar-refractivity contribution in [3.05, 3.63) is 101 Å². The molecule has 3 aromatic rings. The van der Waals surface area contributed by atoms with E-state index in [-0.39, 0.29) is 24.7 Å². The number of para-hydroxylation sites is 1. The first-order valence-corrected chi connectivity index (χ1v) is 13.8. The number of phosphoric acid groups is 1. The van der Waals surface area contributed by atoms with E-state index in [4.69, 9.17) is 9.26 Å². The first-order valence-electron chi connectivity index (χ1n) is 12.3. The summed E-state index contributed by atoms with van der Waals surface area (Å²) in [5.41, 5.74) is 3.82. The van der Waals surface area contributed by atoms with Crippen LogP contribution in [0.4, 0.5) is 0 Å². The fourth-order valence-corrected chi connectivity index (χ4v) is 5.39. The largest absolute Gasteiger partial charge is 0.472 e. The van der Waals surface area contributed by atoms with Crippen molar-refractivity contribution in [3.63, 3.8) is 0 Å². The van der Waals surface area contributed by atoms with Gasteiger partial charge in [-0.25, -0.2) is 9.09 Å². The molecular formula is C29H35O5P. The van der Waals surface area contributed by atoms with Gasteiger partial charge < -0.3 is 14.5 Å². The molecule has 35 heavy (non-hydrogen) atoms. The Labute approximate surface area is 208 Å². The Morgan fingerprint density at radius 2 is 1.34 bits per heavy atom. The first-order chi connectivity index (χ1) is 16.7. The third-order valence-corrected chi connectivity index (χ3v) is 7.29. The fourth-order valence-electron chi connectivity index (χ4n) is 4.79. The zero-order chi connectivity index (χ0) is 25.1. The van der Waals surface area contributed by atoms with Crippen LogP contribution in [0.2, 0.25) is 0 Å². The minimum Gasteiger partial charge on any atom is -0.460 e. The summed E-state index contributed by atoms with van der Waals surface area (Å²) >= 11 is 0. The summed E-state index contributed by atoms with van der Waals surface area (Å²) in [5.74, 6) is 0.120. The van der Waals surface area contributed by atoms with Gasteiger partial charge >= 0.3 is 7.82 Å². The van der Waals surface area contributed by atoms with Crippen molar-refractivity contribution in [2.75, 3.05) is 0 Å². The van der Waals surface area contributed by atoms with Gasteiger partial charge in [0, 0.05) is 12.8 Å². The molecule has 3 aromatic carbocycles. The Morgan fingerprint density at radius 3 is 1.80 bits per heavy atom. The van der Waals surface area contributed by atoms with Crippen molar-refractivity contribution in [3.8, 4) is 5.75 Å². The third-order valence-electron chi connectivity index (χ3n) is 6.72. The Kier molecular flexibility index (Phi) is 7.83. The predicted molar refractivity (Wildman–Crippen MR) is 138 cm³/mol. The van der Waals surface area contributed by atoms with Gasteiger partial charge in [0.25, 0.3) is 0 Å². The summed E-state index contributed by atoms with van der Waals surface area (Å²) in [6.45, 7) is 6.42. The van der Waals surface area contributed by atoms with Crippen LogP contribution in [0.3, 0.4) is 0 Å². The van der Waals surface area contributed by atoms with E-state index >= 15 is 0 Å². The van der Waals surface area contributed by atoms with Crippen LogP contribution >= 0.6 is 7.82 Å². The molecule has 186 valence electrons. The average Bonchev–Trinajstić information content (AvgIpc) is 3.64. The molecule has 0 bridgehead atoms. The molecule has 0 radical (unpaired) electrons. The molecule has 0 amide bonds. The van der Waals surface area contributed by atoms with E-state index in [2.05, 4.69) is 32.9 Å². The molecule has 1 aliphatic carbocycles. The first kappa shape index (κ1) is 25.7. The third kappa shape index (κ3) is 6.83. The molecule has 4 rings (SSSR count). The molecule has 1 unspecified atom stereocenters. The highest BCUT2D eigenvalue weighted by molar-refractivity contribution is 7.46. The fraction of sp³-hybridized carbons (Fsp3) is 0.379. The van der Waals surface area contributed by atoms with Crippen LogP contribution in [0.1, 0.15) is 67.7 Å². The number of rotatable bonds is 11. The highest BCUT2D eigenvalue weighted by atomic mass is 31.2. The van der Waals surface area contributed by atoms with E-state index < -0.39 is 13.6 Å². The molecule has 0 heterocycles. The van der Waals surface area contributed by atoms with Crippen LogP contribution in [0.15, 0.2) is 78.9 Å². The molecule has 2 N–H and O–H groups in total. The highest BCUT2D eigenvalue weighted by Crippen LogP contribution is 2.50. The van der Waals surface area contributed by atoms with Crippen molar-refractivity contribution in [1.82, 2.24) is 0 Å². The van der Waals surface area contributed by atoms with Crippen LogP contribution in [0.25, 0.3) is 0 Å². The van der Waals surface area contributed by atoms with E-state index in [1.807, 2.05) is 66.7 Å². The summed E-state index contributed by atoms with van der Waals surface area (Å²) in [7, 11) is -4.91. The van der Waals surface area contributed by atoms with Crippen molar-refractivity contribution in [2.24, 2.45) is 5.92 Å². The van der Waals surface area contributed by atoms with Gasteiger partial charge in [-0.3, -0.25) is 0 Å². The normalized spacial score (nSPS) is 15.3. The lowest BCUT2D eigenvalue weighted by molar-refractivity contribution is -0.126. The molecule has 1 aliphatic rings. The van der Waals surface area contributed by atoms with E-state index in [9.17, 15) is 14.4 Å². The van der Waals surface area contributed by atoms with Crippen molar-refractivity contribution in [1.29, 1.82) is 0 Å². The standard InChI is InChI=1S/C29H35O5P/c1-21(2)26-15-10-16-27(22(3)25-17-18-25)28(26)33-29(34-35(30,31)32,19-23-11-6-4-7-12-23)20-24-13-8-5-9-14-24/h4-16,21-22,25H,17-20H2,1-3H3,(H2,30,31,32). The SMILES string of the molecule is CC(C)c1cccc(C(C)C2CC2)c1OC(Cc1ccccc1)(Cc1ccccc1)OP(=O)(O)O. The Hall–Kier alpha value is -2.43. The average molecular weight is 495 g/mol. The molecule has 0 saturated heterocycles. The zero-order valence-corrected chi connectivity index (χ0v) is 21.5. The van der Waals surface area contributed by atoms with Crippen LogP contribution in [-0.4, -0.2) is 15.6 Å². The topological polar surface area (TPSA) is 76.0 Å². The molecule has 1 fully saturated rings. The van der Waals surface area contributed by atoms with Crippen molar-refractivity contribution in [2.45, 2.75) is 64.1 Å². The molecule has 6 heteroatoms. The monoisotopic (exact) mass is 494 g/mol. The van der Waals surface area contributed by atoms with Gasteiger partial charge in [-0.15, -0.1) is 0 Å². The second kappa shape index (κ2) is 10.7. The van der Waals surface area contributed by atoms with E-state index in [1.54, 1.807) is 0 Å². The van der Waals surface area contributed by atoms with Crippen molar-refractivity contribution < 1.29 is 23.6 Å². The maximum Gasteiger partial charge on any atom is 0.472 e. The van der Waals surface area contributed by atoms with Crippen LogP contribution in [0.5, 0.6) is 5.75 Å². The number of benzene rings is 3. The lowest BCUT2D eigenvalue weighted by Gasteiger charge is -2.37. The summed E-state index contributed by atoms with van der Waals surface area (Å²) in [6.07, 6.45) is 2.73. The second-order valence-electron chi connectivity index (χ2n) is 9.97. The number of ether oxygens (including phenoxy) is 1. The Balaban J connectivity index is 1.86. The molecular weight excluding hydrogens is 459 g/mol. The van der Waals surface area contributed by atoms with Gasteiger partial charge in [-0.2, -0.15) is 0 Å². The Morgan fingerprint density at radius 1 is 0.829 bits per heavy atom. The maximum absolute atomic E-state index is 12.4. The lowest BCUT2D eigenvalue weighted by Crippen LogP contribution is -2.43. The van der Waals surface area contributed by atoms with Crippen LogP contribution < -0.4 is 4.74 Å². The predicted octanol–water partition coefficient (Wildman–Crippen LogP) is 6.99. The molecule has 1 atom stereocenters. The Bertz CT molecular complexity index is 1110. The maximum atomic E-state index is 12.4. The summed E-state index contributed by atoms with van der Waals surface area (Å²) in [6, 6.07) is 25.3. The summed E-state index contributed by atoms with van der Waals surface area (Å²) in [4.78, 5) is 20.1. The van der Waals surface area contributed by atoms with Crippen LogP contribution in [0, 0.1) is 5.92 Å². The van der Waals surface area contributed by atoms with E-state index in [1.165, 1.54) is 12.8 Å². The molecule has 0 aromatic heterocycles. The molecule has 1 saturated carbocycles. The lowest BCUT2D eigenvalue weighted by atomic mass is 9.90. The van der Waals surface area contributed by atoms with Gasteiger partial charge in [0.15, 0.2) is 0 Å². The van der Waals surface area contributed by atoms with Crippen LogP contribution in [-0.2, 0) is 21.9 Å². The molecule has 0 spiro atoms. The summed E-state index contributed by atoms with van der Waals surface area (Å²) < 4.78 is 24.8. The second-order valence-corrected chi connectivity index (χ2v) is 11.1. The van der Waals surface area contributed by atoms with Gasteiger partial charge in [0.05, 0.1) is 0 Å². The zero-order valence-electron chi connectivity index (χ0n) is 20.6. The van der Waals surface area contributed by atoms with Crippen molar-refractivity contribution >= 4 is 7.82 Å². The number of hydrogen-bond acceptors (Lipinski definition) is 3. The minimum absolute atomic E-state index is 0.164. The summed E-state index contributed by atoms with van der Waals surface area (Å²) in [5, 5.41) is 0. The highest BCUT2D eigenvalue weighted by Gasteiger charge is 2.43. The number of hydrogen-bond donors (Lipinski definition) is 2. The van der Waals surface area contributed by atoms with E-state index in [0.29, 0.717) is 11.7 Å². The van der Waals surface area contributed by atoms with Gasteiger partial charge in [-0.1, -0.05) is 99.6 Å². The molecule has 0 aliphatic heterocycles. The number of phosphoric ester groups is 1. The van der Waals surface area contributed by atoms with Gasteiger partial charge in [-0.05, 0) is 52.8 Å². The molecule has 5 nitrogen and oxygen atoms in total. The van der Waals surface area contributed by atoms with E-state index in [0.717, 1.165) is 22.3 Å². The minimum atomic E-state index is -4.91. The smallest absolute Gasteiger partial charge is 0.460 e. The van der Waals surface area contributed by atoms with Gasteiger partial charge in [0.1, 0.15) is 5.75 Å². The quantitative estimate of drug-likeness (QED) is 0.222.